The van der Waals surface area contributed by atoms with Gasteiger partial charge in [-0.15, -0.1) is 10.2 Å². The molecule has 2 aliphatic heterocycles. The van der Waals surface area contributed by atoms with Crippen molar-refractivity contribution in [3.05, 3.63) is 34.1 Å². The standard InChI is InChI=1S/C19H23ClN4O4S/c20-14-6-12-9-26-11-28-18(12)13(7-14)10-29-19-23-22-17(4-3-16(21)25)24(19)8-15-2-1-5-27-15/h6-7,15H,1-5,8-11H2,(H2,21,25). The minimum atomic E-state index is -0.351. The van der Waals surface area contributed by atoms with Gasteiger partial charge in [0.15, 0.2) is 11.9 Å². The molecular formula is C19H23ClN4O4S. The minimum Gasteiger partial charge on any atom is -0.467 e. The molecule has 4 rings (SSSR count). The summed E-state index contributed by atoms with van der Waals surface area (Å²) in [6, 6.07) is 3.78. The molecule has 1 unspecified atom stereocenters. The lowest BCUT2D eigenvalue weighted by Gasteiger charge is -2.21. The van der Waals surface area contributed by atoms with E-state index in [1.165, 1.54) is 0 Å². The first-order valence-corrected chi connectivity index (χ1v) is 10.9. The average molecular weight is 439 g/mol. The van der Waals surface area contributed by atoms with Crippen molar-refractivity contribution in [2.75, 3.05) is 13.4 Å². The largest absolute Gasteiger partial charge is 0.467 e. The molecule has 2 aromatic rings. The van der Waals surface area contributed by atoms with Crippen LogP contribution in [0.15, 0.2) is 17.3 Å². The van der Waals surface area contributed by atoms with Gasteiger partial charge in [-0.25, -0.2) is 0 Å². The van der Waals surface area contributed by atoms with E-state index in [9.17, 15) is 4.79 Å². The van der Waals surface area contributed by atoms with E-state index in [2.05, 4.69) is 10.2 Å². The fraction of sp³-hybridized carbons (Fsp3) is 0.526. The van der Waals surface area contributed by atoms with Gasteiger partial charge in [0.25, 0.3) is 0 Å². The maximum Gasteiger partial charge on any atom is 0.217 e. The number of benzene rings is 1. The Bertz CT molecular complexity index is 885. The van der Waals surface area contributed by atoms with Crippen molar-refractivity contribution in [3.63, 3.8) is 0 Å². The quantitative estimate of drug-likeness (QED) is 0.632. The van der Waals surface area contributed by atoms with E-state index in [0.717, 1.165) is 47.3 Å². The van der Waals surface area contributed by atoms with E-state index < -0.39 is 0 Å². The third-order valence-electron chi connectivity index (χ3n) is 4.91. The lowest BCUT2D eigenvalue weighted by molar-refractivity contribution is -0.118. The second-order valence-electron chi connectivity index (χ2n) is 7.06. The van der Waals surface area contributed by atoms with Crippen molar-refractivity contribution in [1.29, 1.82) is 0 Å². The van der Waals surface area contributed by atoms with Crippen molar-refractivity contribution >= 4 is 29.3 Å². The normalized spacial score (nSPS) is 18.4. The summed E-state index contributed by atoms with van der Waals surface area (Å²) in [5.74, 6) is 1.85. The van der Waals surface area contributed by atoms with Gasteiger partial charge in [-0.05, 0) is 25.0 Å². The van der Waals surface area contributed by atoms with Gasteiger partial charge in [0.05, 0.1) is 19.3 Å². The Labute approximate surface area is 178 Å². The van der Waals surface area contributed by atoms with Gasteiger partial charge in [-0.3, -0.25) is 4.79 Å². The lowest BCUT2D eigenvalue weighted by Crippen LogP contribution is -2.19. The molecule has 3 heterocycles. The molecular weight excluding hydrogens is 416 g/mol. The number of rotatable bonds is 8. The molecule has 1 aromatic carbocycles. The highest BCUT2D eigenvalue weighted by atomic mass is 35.5. The third-order valence-corrected chi connectivity index (χ3v) is 6.14. The van der Waals surface area contributed by atoms with Crippen molar-refractivity contribution in [1.82, 2.24) is 14.8 Å². The molecule has 2 N–H and O–H groups in total. The molecule has 0 aliphatic carbocycles. The Kier molecular flexibility index (Phi) is 6.59. The number of thioether (sulfide) groups is 1. The molecule has 156 valence electrons. The van der Waals surface area contributed by atoms with Crippen LogP contribution >= 0.6 is 23.4 Å². The van der Waals surface area contributed by atoms with Crippen LogP contribution in [0.5, 0.6) is 5.75 Å². The number of carbonyl (C=O) groups is 1. The molecule has 1 saturated heterocycles. The first-order valence-electron chi connectivity index (χ1n) is 9.57. The SMILES string of the molecule is NC(=O)CCc1nnc(SCc2cc(Cl)cc3c2OCOC3)n1CC1CCCO1. The molecule has 1 amide bonds. The van der Waals surface area contributed by atoms with Crippen molar-refractivity contribution < 1.29 is 19.0 Å². The lowest BCUT2D eigenvalue weighted by atomic mass is 10.1. The third kappa shape index (κ3) is 5.03. The summed E-state index contributed by atoms with van der Waals surface area (Å²) in [6.45, 7) is 2.17. The van der Waals surface area contributed by atoms with Crippen molar-refractivity contribution in [3.8, 4) is 5.75 Å². The number of amides is 1. The van der Waals surface area contributed by atoms with E-state index in [4.69, 9.17) is 31.5 Å². The summed E-state index contributed by atoms with van der Waals surface area (Å²) in [5.41, 5.74) is 7.25. The molecule has 8 nitrogen and oxygen atoms in total. The van der Waals surface area contributed by atoms with Gasteiger partial charge >= 0.3 is 0 Å². The van der Waals surface area contributed by atoms with Crippen molar-refractivity contribution in [2.24, 2.45) is 5.73 Å². The first kappa shape index (κ1) is 20.5. The van der Waals surface area contributed by atoms with Gasteiger partial charge in [-0.2, -0.15) is 0 Å². The second kappa shape index (κ2) is 9.34. The predicted octanol–water partition coefficient (Wildman–Crippen LogP) is 2.69. The molecule has 0 saturated carbocycles. The van der Waals surface area contributed by atoms with E-state index in [1.54, 1.807) is 11.8 Å². The zero-order valence-corrected chi connectivity index (χ0v) is 17.5. The van der Waals surface area contributed by atoms with E-state index in [0.29, 0.717) is 30.3 Å². The molecule has 1 aromatic heterocycles. The maximum absolute atomic E-state index is 11.2. The monoisotopic (exact) mass is 438 g/mol. The van der Waals surface area contributed by atoms with Crippen LogP contribution in [-0.2, 0) is 39.6 Å². The molecule has 0 spiro atoms. The molecule has 2 aliphatic rings. The fourth-order valence-corrected chi connectivity index (χ4v) is 4.72. The molecule has 10 heteroatoms. The van der Waals surface area contributed by atoms with E-state index in [-0.39, 0.29) is 25.2 Å². The Hall–Kier alpha value is -1.81. The summed E-state index contributed by atoms with van der Waals surface area (Å²) in [6.07, 6.45) is 2.90. The fourth-order valence-electron chi connectivity index (χ4n) is 3.53. The van der Waals surface area contributed by atoms with E-state index >= 15 is 0 Å². The smallest absolute Gasteiger partial charge is 0.217 e. The summed E-state index contributed by atoms with van der Waals surface area (Å²) in [5, 5.41) is 10.1. The Morgan fingerprint density at radius 1 is 1.38 bits per heavy atom. The molecule has 0 radical (unpaired) electrons. The van der Waals surface area contributed by atoms with Gasteiger partial charge in [0, 0.05) is 41.4 Å². The summed E-state index contributed by atoms with van der Waals surface area (Å²) >= 11 is 7.83. The van der Waals surface area contributed by atoms with Crippen LogP contribution in [0, 0.1) is 0 Å². The number of aromatic nitrogens is 3. The van der Waals surface area contributed by atoms with Crippen LogP contribution in [0.3, 0.4) is 0 Å². The van der Waals surface area contributed by atoms with Gasteiger partial charge < -0.3 is 24.5 Å². The number of hydrogen-bond acceptors (Lipinski definition) is 7. The zero-order chi connectivity index (χ0) is 20.2. The van der Waals surface area contributed by atoms with Crippen molar-refractivity contribution in [2.45, 2.75) is 55.8 Å². The Balaban J connectivity index is 1.53. The highest BCUT2D eigenvalue weighted by molar-refractivity contribution is 7.98. The van der Waals surface area contributed by atoms with E-state index in [1.807, 2.05) is 16.7 Å². The molecule has 1 atom stereocenters. The number of fused-ring (bicyclic) bond motifs is 1. The number of ether oxygens (including phenoxy) is 3. The number of primary amides is 1. The number of nitrogens with two attached hydrogens (primary N) is 1. The highest BCUT2D eigenvalue weighted by Crippen LogP contribution is 2.35. The molecule has 29 heavy (non-hydrogen) atoms. The van der Waals surface area contributed by atoms with Crippen LogP contribution in [0.25, 0.3) is 0 Å². The Morgan fingerprint density at radius 2 is 2.28 bits per heavy atom. The summed E-state index contributed by atoms with van der Waals surface area (Å²) in [4.78, 5) is 11.2. The summed E-state index contributed by atoms with van der Waals surface area (Å²) < 4.78 is 18.9. The maximum atomic E-state index is 11.2. The molecule has 0 bridgehead atoms. The topological polar surface area (TPSA) is 101 Å². The van der Waals surface area contributed by atoms with Gasteiger partial charge in [0.2, 0.25) is 5.91 Å². The zero-order valence-electron chi connectivity index (χ0n) is 15.9. The van der Waals surface area contributed by atoms with Crippen LogP contribution < -0.4 is 10.5 Å². The van der Waals surface area contributed by atoms with Crippen LogP contribution in [0.4, 0.5) is 0 Å². The summed E-state index contributed by atoms with van der Waals surface area (Å²) in [7, 11) is 0. The number of aryl methyl sites for hydroxylation is 1. The van der Waals surface area contributed by atoms with Crippen LogP contribution in [0.2, 0.25) is 5.02 Å². The second-order valence-corrected chi connectivity index (χ2v) is 8.44. The number of nitrogens with zero attached hydrogens (tertiary/aromatic N) is 3. The van der Waals surface area contributed by atoms with Crippen LogP contribution in [-0.4, -0.2) is 40.2 Å². The molecule has 1 fully saturated rings. The number of carbonyl (C=O) groups excluding carboxylic acids is 1. The highest BCUT2D eigenvalue weighted by Gasteiger charge is 2.22. The number of halogens is 1. The minimum absolute atomic E-state index is 0.136. The van der Waals surface area contributed by atoms with Crippen LogP contribution in [0.1, 0.15) is 36.2 Å². The Morgan fingerprint density at radius 3 is 3.07 bits per heavy atom. The van der Waals surface area contributed by atoms with Gasteiger partial charge in [-0.1, -0.05) is 23.4 Å². The average Bonchev–Trinajstić information content (AvgIpc) is 3.35. The number of hydrogen-bond donors (Lipinski definition) is 1. The van der Waals surface area contributed by atoms with Gasteiger partial charge in [0.1, 0.15) is 11.6 Å². The predicted molar refractivity (Wildman–Crippen MR) is 108 cm³/mol. The first-order chi connectivity index (χ1) is 14.1.